The molecule has 0 aromatic heterocycles. The molecule has 0 radical (unpaired) electrons. The minimum absolute atomic E-state index is 0.118. The fourth-order valence-corrected chi connectivity index (χ4v) is 2.41. The number of amides is 1. The Balaban J connectivity index is 2.24. The van der Waals surface area contributed by atoms with Crippen LogP contribution in [0.2, 0.25) is 0 Å². The van der Waals surface area contributed by atoms with Crippen molar-refractivity contribution in [3.05, 3.63) is 0 Å². The average Bonchev–Trinajstić information content (AvgIpc) is 2.64. The number of rotatable bonds is 13. The molecule has 1 amide bonds. The van der Waals surface area contributed by atoms with E-state index in [1.165, 1.54) is 6.92 Å². The highest BCUT2D eigenvalue weighted by atomic mass is 16.7. The molecular formula is C17H29NO9. The molecule has 27 heavy (non-hydrogen) atoms. The van der Waals surface area contributed by atoms with Crippen LogP contribution in [0.25, 0.3) is 0 Å². The Morgan fingerprint density at radius 1 is 1.07 bits per heavy atom. The Hall–Kier alpha value is -1.29. The van der Waals surface area contributed by atoms with E-state index in [-0.39, 0.29) is 19.8 Å². The Morgan fingerprint density at radius 3 is 2.22 bits per heavy atom. The molecule has 0 aliphatic carbocycles. The van der Waals surface area contributed by atoms with Crippen molar-refractivity contribution in [2.45, 2.75) is 37.6 Å². The van der Waals surface area contributed by atoms with Gasteiger partial charge in [-0.25, -0.2) is 0 Å². The van der Waals surface area contributed by atoms with Crippen molar-refractivity contribution < 1.29 is 43.8 Å². The zero-order chi connectivity index (χ0) is 20.1. The minimum Gasteiger partial charge on any atom is -0.394 e. The number of ether oxygens (including phenoxy) is 5. The SMILES string of the molecule is C#CCOCCOCCOCCO[C@@H]1OC(CO)[C@@H](O)C(O)C1NC(C)=O. The summed E-state index contributed by atoms with van der Waals surface area (Å²) in [5, 5.41) is 31.7. The highest BCUT2D eigenvalue weighted by Crippen LogP contribution is 2.22. The van der Waals surface area contributed by atoms with E-state index in [4.69, 9.17) is 30.1 Å². The maximum absolute atomic E-state index is 11.3. The van der Waals surface area contributed by atoms with Crippen LogP contribution < -0.4 is 5.32 Å². The fraction of sp³-hybridized carbons (Fsp3) is 0.824. The van der Waals surface area contributed by atoms with Crippen molar-refractivity contribution in [2.24, 2.45) is 0 Å². The van der Waals surface area contributed by atoms with Gasteiger partial charge in [0, 0.05) is 6.92 Å². The van der Waals surface area contributed by atoms with Crippen LogP contribution in [0, 0.1) is 12.3 Å². The second kappa shape index (κ2) is 13.8. The van der Waals surface area contributed by atoms with Gasteiger partial charge in [0.05, 0.1) is 46.2 Å². The normalized spacial score (nSPS) is 27.9. The number of aliphatic hydroxyl groups is 3. The molecule has 0 saturated carbocycles. The number of aliphatic hydroxyl groups excluding tert-OH is 3. The molecule has 1 fully saturated rings. The summed E-state index contributed by atoms with van der Waals surface area (Å²) >= 11 is 0. The zero-order valence-corrected chi connectivity index (χ0v) is 15.4. The summed E-state index contributed by atoms with van der Waals surface area (Å²) in [6, 6.07) is -0.966. The lowest BCUT2D eigenvalue weighted by molar-refractivity contribution is -0.272. The topological polar surface area (TPSA) is 136 Å². The first-order valence-corrected chi connectivity index (χ1v) is 8.69. The molecule has 1 saturated heterocycles. The van der Waals surface area contributed by atoms with Crippen molar-refractivity contribution in [3.63, 3.8) is 0 Å². The summed E-state index contributed by atoms with van der Waals surface area (Å²) in [5.74, 6) is 1.94. The van der Waals surface area contributed by atoms with Crippen molar-refractivity contribution in [1.29, 1.82) is 0 Å². The molecule has 10 heteroatoms. The maximum Gasteiger partial charge on any atom is 0.217 e. The molecule has 3 unspecified atom stereocenters. The number of carbonyl (C=O) groups excluding carboxylic acids is 1. The van der Waals surface area contributed by atoms with Gasteiger partial charge in [0.2, 0.25) is 5.91 Å². The number of nitrogens with one attached hydrogen (secondary N) is 1. The summed E-state index contributed by atoms with van der Waals surface area (Å²) in [5.41, 5.74) is 0. The first-order chi connectivity index (χ1) is 13.0. The van der Waals surface area contributed by atoms with Crippen LogP contribution >= 0.6 is 0 Å². The number of hydrogen-bond acceptors (Lipinski definition) is 9. The van der Waals surface area contributed by atoms with Crippen LogP contribution in [-0.4, -0.2) is 105 Å². The first-order valence-electron chi connectivity index (χ1n) is 8.69. The van der Waals surface area contributed by atoms with Crippen LogP contribution in [0.3, 0.4) is 0 Å². The van der Waals surface area contributed by atoms with Crippen molar-refractivity contribution in [2.75, 3.05) is 52.9 Å². The zero-order valence-electron chi connectivity index (χ0n) is 15.4. The summed E-state index contributed by atoms with van der Waals surface area (Å²) < 4.78 is 26.6. The van der Waals surface area contributed by atoms with Gasteiger partial charge in [-0.15, -0.1) is 6.42 Å². The van der Waals surface area contributed by atoms with Gasteiger partial charge in [-0.3, -0.25) is 4.79 Å². The Labute approximate surface area is 158 Å². The molecule has 0 aromatic rings. The number of hydrogen-bond donors (Lipinski definition) is 4. The molecule has 1 rings (SSSR count). The Morgan fingerprint density at radius 2 is 1.67 bits per heavy atom. The molecule has 1 heterocycles. The lowest BCUT2D eigenvalue weighted by atomic mass is 9.97. The van der Waals surface area contributed by atoms with Crippen LogP contribution in [0.1, 0.15) is 6.92 Å². The molecule has 0 aromatic carbocycles. The van der Waals surface area contributed by atoms with E-state index < -0.39 is 43.2 Å². The third kappa shape index (κ3) is 8.96. The summed E-state index contributed by atoms with van der Waals surface area (Å²) in [6.07, 6.45) is 0.315. The lowest BCUT2D eigenvalue weighted by Crippen LogP contribution is -2.64. The summed E-state index contributed by atoms with van der Waals surface area (Å²) in [4.78, 5) is 11.3. The lowest BCUT2D eigenvalue weighted by Gasteiger charge is -2.42. The smallest absolute Gasteiger partial charge is 0.217 e. The van der Waals surface area contributed by atoms with E-state index >= 15 is 0 Å². The second-order valence-corrected chi connectivity index (χ2v) is 5.79. The highest BCUT2D eigenvalue weighted by Gasteiger charge is 2.45. The molecule has 4 N–H and O–H groups in total. The van der Waals surface area contributed by atoms with Gasteiger partial charge >= 0.3 is 0 Å². The van der Waals surface area contributed by atoms with Gasteiger partial charge in [0.25, 0.3) is 0 Å². The van der Waals surface area contributed by atoms with Crippen molar-refractivity contribution in [3.8, 4) is 12.3 Å². The molecular weight excluding hydrogens is 362 g/mol. The predicted molar refractivity (Wildman–Crippen MR) is 92.6 cm³/mol. The molecule has 156 valence electrons. The van der Waals surface area contributed by atoms with Crippen molar-refractivity contribution >= 4 is 5.91 Å². The van der Waals surface area contributed by atoms with Gasteiger partial charge < -0.3 is 44.3 Å². The molecule has 0 spiro atoms. The Bertz CT molecular complexity index is 456. The summed E-state index contributed by atoms with van der Waals surface area (Å²) in [6.45, 7) is 2.93. The number of carbonyl (C=O) groups is 1. The fourth-order valence-electron chi connectivity index (χ4n) is 2.41. The monoisotopic (exact) mass is 391 g/mol. The molecule has 1 aliphatic heterocycles. The van der Waals surface area contributed by atoms with Gasteiger partial charge in [0.1, 0.15) is 31.0 Å². The maximum atomic E-state index is 11.3. The van der Waals surface area contributed by atoms with E-state index in [1.807, 2.05) is 0 Å². The van der Waals surface area contributed by atoms with Crippen LogP contribution in [0.5, 0.6) is 0 Å². The standard InChI is InChI=1S/C17H29NO9/c1-3-4-23-5-6-24-7-8-25-9-10-26-17-14(18-12(2)20)16(22)15(21)13(11-19)27-17/h1,13-17,19,21-22H,4-11H2,2H3,(H,18,20)/t13?,14?,15-,16?,17-/m1/s1. The quantitative estimate of drug-likeness (QED) is 0.201. The Kier molecular flexibility index (Phi) is 12.2. The molecule has 10 nitrogen and oxygen atoms in total. The van der Waals surface area contributed by atoms with E-state index in [0.29, 0.717) is 26.4 Å². The largest absolute Gasteiger partial charge is 0.394 e. The minimum atomic E-state index is -1.34. The van der Waals surface area contributed by atoms with E-state index in [2.05, 4.69) is 11.2 Å². The summed E-state index contributed by atoms with van der Waals surface area (Å²) in [7, 11) is 0. The molecule has 0 bridgehead atoms. The van der Waals surface area contributed by atoms with Crippen LogP contribution in [0.4, 0.5) is 0 Å². The van der Waals surface area contributed by atoms with E-state index in [1.54, 1.807) is 0 Å². The third-order valence-corrected chi connectivity index (χ3v) is 3.69. The van der Waals surface area contributed by atoms with Gasteiger partial charge in [-0.2, -0.15) is 0 Å². The van der Waals surface area contributed by atoms with Gasteiger partial charge in [-0.1, -0.05) is 5.92 Å². The van der Waals surface area contributed by atoms with E-state index in [0.717, 1.165) is 0 Å². The van der Waals surface area contributed by atoms with Gasteiger partial charge in [0.15, 0.2) is 6.29 Å². The molecule has 1 aliphatic rings. The first kappa shape index (κ1) is 23.7. The number of terminal acetylenes is 1. The van der Waals surface area contributed by atoms with Crippen molar-refractivity contribution in [1.82, 2.24) is 5.32 Å². The van der Waals surface area contributed by atoms with E-state index in [9.17, 15) is 20.1 Å². The highest BCUT2D eigenvalue weighted by molar-refractivity contribution is 5.73. The van der Waals surface area contributed by atoms with Crippen LogP contribution in [0.15, 0.2) is 0 Å². The second-order valence-electron chi connectivity index (χ2n) is 5.79. The molecule has 5 atom stereocenters. The van der Waals surface area contributed by atoms with Gasteiger partial charge in [-0.05, 0) is 0 Å². The van der Waals surface area contributed by atoms with Crippen LogP contribution in [-0.2, 0) is 28.5 Å². The average molecular weight is 391 g/mol. The third-order valence-electron chi connectivity index (χ3n) is 3.69. The predicted octanol–water partition coefficient (Wildman–Crippen LogP) is -2.37.